The van der Waals surface area contributed by atoms with Crippen LogP contribution in [0.15, 0.2) is 36.7 Å². The Morgan fingerprint density at radius 3 is 2.89 bits per heavy atom. The molecule has 0 aliphatic rings. The average molecular weight is 246 g/mol. The van der Waals surface area contributed by atoms with E-state index < -0.39 is 5.95 Å². The van der Waals surface area contributed by atoms with Crippen LogP contribution in [0.1, 0.15) is 19.8 Å². The fraction of sp³-hybridized carbons (Fsp3) is 0.286. The number of hydrogen-bond acceptors (Lipinski definition) is 3. The van der Waals surface area contributed by atoms with E-state index in [2.05, 4.69) is 16.9 Å². The molecular formula is C14H15FN2O. The zero-order valence-electron chi connectivity index (χ0n) is 10.3. The summed E-state index contributed by atoms with van der Waals surface area (Å²) in [5, 5.41) is 0. The van der Waals surface area contributed by atoms with E-state index in [1.54, 1.807) is 30.5 Å². The van der Waals surface area contributed by atoms with Crippen LogP contribution in [-0.2, 0) is 0 Å². The molecule has 2 heterocycles. The molecule has 2 aromatic heterocycles. The molecule has 0 radical (unpaired) electrons. The zero-order chi connectivity index (χ0) is 12.8. The first-order valence-electron chi connectivity index (χ1n) is 6.01. The van der Waals surface area contributed by atoms with Crippen LogP contribution in [0.2, 0.25) is 0 Å². The summed E-state index contributed by atoms with van der Waals surface area (Å²) in [6, 6.07) is 6.84. The maximum absolute atomic E-state index is 13.5. The van der Waals surface area contributed by atoms with E-state index in [-0.39, 0.29) is 0 Å². The van der Waals surface area contributed by atoms with Crippen LogP contribution < -0.4 is 4.74 Å². The summed E-state index contributed by atoms with van der Waals surface area (Å²) in [5.74, 6) is 0.187. The highest BCUT2D eigenvalue weighted by molar-refractivity contribution is 5.59. The van der Waals surface area contributed by atoms with Gasteiger partial charge in [-0.1, -0.05) is 13.3 Å². The Morgan fingerprint density at radius 2 is 2.11 bits per heavy atom. The van der Waals surface area contributed by atoms with Crippen LogP contribution in [0.25, 0.3) is 11.3 Å². The van der Waals surface area contributed by atoms with E-state index in [9.17, 15) is 4.39 Å². The minimum atomic E-state index is -0.518. The van der Waals surface area contributed by atoms with E-state index in [4.69, 9.17) is 4.74 Å². The van der Waals surface area contributed by atoms with Gasteiger partial charge < -0.3 is 4.74 Å². The third-order valence-electron chi connectivity index (χ3n) is 2.53. The van der Waals surface area contributed by atoms with Gasteiger partial charge in [0.15, 0.2) is 0 Å². The second-order valence-electron chi connectivity index (χ2n) is 3.92. The van der Waals surface area contributed by atoms with Crippen LogP contribution >= 0.6 is 0 Å². The summed E-state index contributed by atoms with van der Waals surface area (Å²) in [6.45, 7) is 2.77. The van der Waals surface area contributed by atoms with Gasteiger partial charge >= 0.3 is 0 Å². The number of nitrogens with zero attached hydrogens (tertiary/aromatic N) is 2. The molecule has 0 fully saturated rings. The van der Waals surface area contributed by atoms with Crippen molar-refractivity contribution in [3.8, 4) is 17.0 Å². The fourth-order valence-corrected chi connectivity index (χ4v) is 1.56. The van der Waals surface area contributed by atoms with Crippen LogP contribution in [0.4, 0.5) is 4.39 Å². The summed E-state index contributed by atoms with van der Waals surface area (Å²) in [5.41, 5.74) is 0.924. The van der Waals surface area contributed by atoms with Gasteiger partial charge in [-0.3, -0.25) is 4.98 Å². The van der Waals surface area contributed by atoms with Crippen molar-refractivity contribution >= 4 is 0 Å². The number of ether oxygens (including phenoxy) is 1. The smallest absolute Gasteiger partial charge is 0.222 e. The van der Waals surface area contributed by atoms with Crippen LogP contribution in [0.3, 0.4) is 0 Å². The van der Waals surface area contributed by atoms with Crippen molar-refractivity contribution in [3.63, 3.8) is 0 Å². The van der Waals surface area contributed by atoms with Crippen molar-refractivity contribution in [1.82, 2.24) is 9.97 Å². The SMILES string of the molecule is CCCCOc1ccnc(-c2cccnc2F)c1. The lowest BCUT2D eigenvalue weighted by atomic mass is 10.2. The van der Waals surface area contributed by atoms with E-state index in [1.165, 1.54) is 6.20 Å². The van der Waals surface area contributed by atoms with E-state index in [0.29, 0.717) is 23.6 Å². The molecule has 0 saturated carbocycles. The van der Waals surface area contributed by atoms with Crippen LogP contribution in [0, 0.1) is 5.95 Å². The Morgan fingerprint density at radius 1 is 1.22 bits per heavy atom. The zero-order valence-corrected chi connectivity index (χ0v) is 10.3. The Kier molecular flexibility index (Phi) is 4.23. The summed E-state index contributed by atoms with van der Waals surface area (Å²) in [4.78, 5) is 7.75. The van der Waals surface area contributed by atoms with Crippen molar-refractivity contribution in [2.45, 2.75) is 19.8 Å². The molecule has 0 bridgehead atoms. The van der Waals surface area contributed by atoms with Crippen molar-refractivity contribution in [2.24, 2.45) is 0 Å². The highest BCUT2D eigenvalue weighted by Gasteiger charge is 2.07. The normalized spacial score (nSPS) is 10.3. The molecule has 4 heteroatoms. The van der Waals surface area contributed by atoms with Crippen molar-refractivity contribution in [1.29, 1.82) is 0 Å². The third kappa shape index (κ3) is 3.03. The van der Waals surface area contributed by atoms with Gasteiger partial charge in [-0.05, 0) is 24.6 Å². The molecule has 3 nitrogen and oxygen atoms in total. The standard InChI is InChI=1S/C14H15FN2O/c1-2-3-9-18-11-6-8-16-13(10-11)12-5-4-7-17-14(12)15/h4-8,10H,2-3,9H2,1H3. The summed E-state index contributed by atoms with van der Waals surface area (Å²) < 4.78 is 19.1. The Labute approximate surface area is 106 Å². The Balaban J connectivity index is 2.19. The lowest BCUT2D eigenvalue weighted by Gasteiger charge is -2.07. The van der Waals surface area contributed by atoms with Crippen LogP contribution in [0.5, 0.6) is 5.75 Å². The monoisotopic (exact) mass is 246 g/mol. The lowest BCUT2D eigenvalue weighted by molar-refractivity contribution is 0.309. The molecule has 0 aliphatic carbocycles. The van der Waals surface area contributed by atoms with Gasteiger partial charge in [0.25, 0.3) is 0 Å². The predicted octanol–water partition coefficient (Wildman–Crippen LogP) is 3.46. The van der Waals surface area contributed by atoms with Gasteiger partial charge in [-0.15, -0.1) is 0 Å². The first-order chi connectivity index (χ1) is 8.81. The van der Waals surface area contributed by atoms with Crippen molar-refractivity contribution < 1.29 is 9.13 Å². The van der Waals surface area contributed by atoms with Gasteiger partial charge in [0.05, 0.1) is 17.9 Å². The second-order valence-corrected chi connectivity index (χ2v) is 3.92. The average Bonchev–Trinajstić information content (AvgIpc) is 2.40. The summed E-state index contributed by atoms with van der Waals surface area (Å²) in [7, 11) is 0. The molecule has 94 valence electrons. The minimum Gasteiger partial charge on any atom is -0.493 e. The first-order valence-corrected chi connectivity index (χ1v) is 6.01. The number of halogens is 1. The molecular weight excluding hydrogens is 231 g/mol. The second kappa shape index (κ2) is 6.10. The molecule has 2 rings (SSSR count). The number of hydrogen-bond donors (Lipinski definition) is 0. The number of pyridine rings is 2. The topological polar surface area (TPSA) is 35.0 Å². The fourth-order valence-electron chi connectivity index (χ4n) is 1.56. The summed E-state index contributed by atoms with van der Waals surface area (Å²) >= 11 is 0. The van der Waals surface area contributed by atoms with Gasteiger partial charge in [0.1, 0.15) is 5.75 Å². The molecule has 0 aromatic carbocycles. The molecule has 2 aromatic rings. The van der Waals surface area contributed by atoms with Crippen LogP contribution in [-0.4, -0.2) is 16.6 Å². The van der Waals surface area contributed by atoms with Crippen molar-refractivity contribution in [2.75, 3.05) is 6.61 Å². The molecule has 0 N–H and O–H groups in total. The maximum atomic E-state index is 13.5. The van der Waals surface area contributed by atoms with E-state index in [1.807, 2.05) is 0 Å². The van der Waals surface area contributed by atoms with Crippen molar-refractivity contribution in [3.05, 3.63) is 42.6 Å². The molecule has 0 amide bonds. The third-order valence-corrected chi connectivity index (χ3v) is 2.53. The summed E-state index contributed by atoms with van der Waals surface area (Å²) in [6.07, 6.45) is 5.11. The maximum Gasteiger partial charge on any atom is 0.222 e. The number of aromatic nitrogens is 2. The number of unbranched alkanes of at least 4 members (excludes halogenated alkanes) is 1. The van der Waals surface area contributed by atoms with Gasteiger partial charge in [-0.2, -0.15) is 4.39 Å². The predicted molar refractivity (Wildman–Crippen MR) is 67.8 cm³/mol. The van der Waals surface area contributed by atoms with Gasteiger partial charge in [0.2, 0.25) is 5.95 Å². The van der Waals surface area contributed by atoms with Gasteiger partial charge in [0, 0.05) is 18.5 Å². The minimum absolute atomic E-state index is 0.387. The molecule has 0 aliphatic heterocycles. The van der Waals surface area contributed by atoms with E-state index >= 15 is 0 Å². The molecule has 18 heavy (non-hydrogen) atoms. The quantitative estimate of drug-likeness (QED) is 0.598. The Bertz CT molecular complexity index is 517. The molecule has 0 unspecified atom stereocenters. The molecule has 0 atom stereocenters. The lowest BCUT2D eigenvalue weighted by Crippen LogP contribution is -1.97. The van der Waals surface area contributed by atoms with E-state index in [0.717, 1.165) is 12.8 Å². The largest absolute Gasteiger partial charge is 0.493 e. The highest BCUT2D eigenvalue weighted by Crippen LogP contribution is 2.22. The molecule has 0 saturated heterocycles. The number of rotatable bonds is 5. The molecule has 0 spiro atoms. The Hall–Kier alpha value is -1.97. The van der Waals surface area contributed by atoms with Gasteiger partial charge in [-0.25, -0.2) is 4.98 Å². The highest BCUT2D eigenvalue weighted by atomic mass is 19.1. The first kappa shape index (κ1) is 12.5.